The van der Waals surface area contributed by atoms with Gasteiger partial charge in [0.2, 0.25) is 5.91 Å². The zero-order chi connectivity index (χ0) is 15.0. The van der Waals surface area contributed by atoms with Crippen molar-refractivity contribution in [1.82, 2.24) is 5.32 Å². The average Bonchev–Trinajstić information content (AvgIpc) is 2.53. The molecule has 1 aliphatic rings. The van der Waals surface area contributed by atoms with E-state index < -0.39 is 0 Å². The Morgan fingerprint density at radius 3 is 2.71 bits per heavy atom. The maximum atomic E-state index is 11.8. The predicted octanol–water partition coefficient (Wildman–Crippen LogP) is 3.41. The summed E-state index contributed by atoms with van der Waals surface area (Å²) in [5.41, 5.74) is 0. The molecule has 3 nitrogen and oxygen atoms in total. The van der Waals surface area contributed by atoms with Gasteiger partial charge in [-0.3, -0.25) is 4.79 Å². The highest BCUT2D eigenvalue weighted by Crippen LogP contribution is 2.40. The zero-order valence-corrected chi connectivity index (χ0v) is 13.2. The van der Waals surface area contributed by atoms with E-state index in [1.807, 2.05) is 17.8 Å². The van der Waals surface area contributed by atoms with Crippen molar-refractivity contribution >= 4 is 17.7 Å². The van der Waals surface area contributed by atoms with E-state index in [9.17, 15) is 4.79 Å². The Morgan fingerprint density at radius 1 is 1.33 bits per heavy atom. The van der Waals surface area contributed by atoms with Crippen LogP contribution < -0.4 is 5.32 Å². The number of ether oxygens (including phenoxy) is 1. The number of thioether (sulfide) groups is 1. The van der Waals surface area contributed by atoms with E-state index >= 15 is 0 Å². The van der Waals surface area contributed by atoms with Gasteiger partial charge in [0, 0.05) is 35.8 Å². The van der Waals surface area contributed by atoms with Crippen LogP contribution in [0.1, 0.15) is 25.7 Å². The first-order valence-electron chi connectivity index (χ1n) is 7.43. The molecule has 0 radical (unpaired) electrons. The van der Waals surface area contributed by atoms with Crippen LogP contribution in [0.4, 0.5) is 0 Å². The number of hydrogen-bond donors (Lipinski definition) is 1. The number of rotatable bonds is 7. The van der Waals surface area contributed by atoms with Gasteiger partial charge in [-0.1, -0.05) is 24.3 Å². The van der Waals surface area contributed by atoms with Gasteiger partial charge in [-0.2, -0.15) is 0 Å². The monoisotopic (exact) mass is 305 g/mol. The van der Waals surface area contributed by atoms with Crippen molar-refractivity contribution in [3.63, 3.8) is 0 Å². The first kappa shape index (κ1) is 16.1. The number of benzene rings is 1. The van der Waals surface area contributed by atoms with E-state index in [0.29, 0.717) is 13.0 Å². The quantitative estimate of drug-likeness (QED) is 0.785. The van der Waals surface area contributed by atoms with Crippen molar-refractivity contribution in [3.8, 4) is 0 Å². The van der Waals surface area contributed by atoms with Crippen LogP contribution in [-0.4, -0.2) is 30.4 Å². The summed E-state index contributed by atoms with van der Waals surface area (Å²) in [6, 6.07) is 10.4. The molecular weight excluding hydrogens is 282 g/mol. The second-order valence-corrected chi connectivity index (χ2v) is 6.86. The summed E-state index contributed by atoms with van der Waals surface area (Å²) in [6.07, 6.45) is 4.96. The topological polar surface area (TPSA) is 38.3 Å². The molecular formula is C17H23NO2S. The molecule has 1 aliphatic heterocycles. The zero-order valence-electron chi connectivity index (χ0n) is 12.3. The predicted molar refractivity (Wildman–Crippen MR) is 87.5 cm³/mol. The van der Waals surface area contributed by atoms with Gasteiger partial charge < -0.3 is 10.1 Å². The van der Waals surface area contributed by atoms with Gasteiger partial charge in [-0.05, 0) is 31.4 Å². The lowest BCUT2D eigenvalue weighted by Crippen LogP contribution is -2.44. The second kappa shape index (κ2) is 8.25. The summed E-state index contributed by atoms with van der Waals surface area (Å²) in [6.45, 7) is 5.88. The van der Waals surface area contributed by atoms with Gasteiger partial charge in [0.25, 0.3) is 0 Å². The highest BCUT2D eigenvalue weighted by atomic mass is 32.2. The Kier molecular flexibility index (Phi) is 6.33. The Hall–Kier alpha value is -1.26. The van der Waals surface area contributed by atoms with Crippen molar-refractivity contribution in [3.05, 3.63) is 43.0 Å². The third-order valence-electron chi connectivity index (χ3n) is 3.66. The van der Waals surface area contributed by atoms with Crippen LogP contribution in [-0.2, 0) is 9.53 Å². The molecule has 0 aromatic heterocycles. The molecule has 0 unspecified atom stereocenters. The number of nitrogens with one attached hydrogen (secondary N) is 1. The Bertz CT molecular complexity index is 455. The lowest BCUT2D eigenvalue weighted by atomic mass is 9.99. The van der Waals surface area contributed by atoms with Crippen LogP contribution >= 0.6 is 11.8 Å². The van der Waals surface area contributed by atoms with Gasteiger partial charge in [0.15, 0.2) is 0 Å². The maximum Gasteiger partial charge on any atom is 0.220 e. The molecule has 0 atom stereocenters. The lowest BCUT2D eigenvalue weighted by molar-refractivity contribution is -0.121. The summed E-state index contributed by atoms with van der Waals surface area (Å²) >= 11 is 1.86. The second-order valence-electron chi connectivity index (χ2n) is 5.31. The Balaban J connectivity index is 1.96. The van der Waals surface area contributed by atoms with Gasteiger partial charge in [0.05, 0.1) is 0 Å². The molecule has 1 heterocycles. The number of carbonyl (C=O) groups excluding carboxylic acids is 1. The van der Waals surface area contributed by atoms with Gasteiger partial charge in [0.1, 0.15) is 0 Å². The summed E-state index contributed by atoms with van der Waals surface area (Å²) in [7, 11) is 0. The van der Waals surface area contributed by atoms with Crippen LogP contribution in [0.2, 0.25) is 0 Å². The number of hydrogen-bond acceptors (Lipinski definition) is 3. The van der Waals surface area contributed by atoms with E-state index in [2.05, 4.69) is 36.2 Å². The minimum atomic E-state index is 0.0451. The van der Waals surface area contributed by atoms with Crippen molar-refractivity contribution in [2.75, 3.05) is 19.8 Å². The average molecular weight is 305 g/mol. The van der Waals surface area contributed by atoms with Crippen molar-refractivity contribution in [2.45, 2.75) is 35.3 Å². The maximum absolute atomic E-state index is 11.8. The largest absolute Gasteiger partial charge is 0.381 e. The van der Waals surface area contributed by atoms with Gasteiger partial charge in [-0.15, -0.1) is 18.3 Å². The molecule has 0 bridgehead atoms. The summed E-state index contributed by atoms with van der Waals surface area (Å²) in [5.74, 6) is 0.106. The van der Waals surface area contributed by atoms with E-state index in [0.717, 1.165) is 32.5 Å². The molecule has 2 rings (SSSR count). The van der Waals surface area contributed by atoms with Crippen molar-refractivity contribution in [1.29, 1.82) is 0 Å². The molecule has 1 aromatic carbocycles. The molecule has 4 heteroatoms. The normalized spacial score (nSPS) is 17.1. The molecule has 1 amide bonds. The number of amides is 1. The van der Waals surface area contributed by atoms with Crippen molar-refractivity contribution < 1.29 is 9.53 Å². The fraction of sp³-hybridized carbons (Fsp3) is 0.471. The molecule has 0 saturated carbocycles. The van der Waals surface area contributed by atoms with Crippen LogP contribution in [0.15, 0.2) is 47.9 Å². The molecule has 114 valence electrons. The molecule has 1 fully saturated rings. The SMILES string of the molecule is C=CCCC(=O)NCC1(Sc2ccccc2)CCOCC1. The Labute approximate surface area is 131 Å². The molecule has 21 heavy (non-hydrogen) atoms. The summed E-state index contributed by atoms with van der Waals surface area (Å²) < 4.78 is 5.54. The molecule has 1 aromatic rings. The minimum absolute atomic E-state index is 0.0451. The van der Waals surface area contributed by atoms with Crippen LogP contribution in [0, 0.1) is 0 Å². The first-order chi connectivity index (χ1) is 10.2. The van der Waals surface area contributed by atoms with E-state index in [4.69, 9.17) is 4.74 Å². The number of allylic oxidation sites excluding steroid dienone is 1. The first-order valence-corrected chi connectivity index (χ1v) is 8.25. The van der Waals surface area contributed by atoms with E-state index in [1.54, 1.807) is 6.08 Å². The fourth-order valence-corrected chi connectivity index (χ4v) is 3.69. The summed E-state index contributed by atoms with van der Waals surface area (Å²) in [4.78, 5) is 13.1. The van der Waals surface area contributed by atoms with Gasteiger partial charge >= 0.3 is 0 Å². The smallest absolute Gasteiger partial charge is 0.220 e. The van der Waals surface area contributed by atoms with Crippen LogP contribution in [0.3, 0.4) is 0 Å². The van der Waals surface area contributed by atoms with Gasteiger partial charge in [-0.25, -0.2) is 0 Å². The lowest BCUT2D eigenvalue weighted by Gasteiger charge is -2.36. The van der Waals surface area contributed by atoms with Crippen LogP contribution in [0.25, 0.3) is 0 Å². The molecule has 1 saturated heterocycles. The van der Waals surface area contributed by atoms with E-state index in [-0.39, 0.29) is 10.7 Å². The number of carbonyl (C=O) groups is 1. The highest BCUT2D eigenvalue weighted by Gasteiger charge is 2.34. The molecule has 0 aliphatic carbocycles. The van der Waals surface area contributed by atoms with E-state index in [1.165, 1.54) is 4.90 Å². The minimum Gasteiger partial charge on any atom is -0.381 e. The Morgan fingerprint density at radius 2 is 2.05 bits per heavy atom. The standard InChI is InChI=1S/C17H23NO2S/c1-2-3-9-16(19)18-14-17(10-12-20-13-11-17)21-15-7-5-4-6-8-15/h2,4-8H,1,3,9-14H2,(H,18,19). The highest BCUT2D eigenvalue weighted by molar-refractivity contribution is 8.00. The third-order valence-corrected chi connectivity index (χ3v) is 5.16. The summed E-state index contributed by atoms with van der Waals surface area (Å²) in [5, 5.41) is 3.09. The molecule has 1 N–H and O–H groups in total. The fourth-order valence-electron chi connectivity index (χ4n) is 2.38. The third kappa shape index (κ3) is 5.21. The van der Waals surface area contributed by atoms with Crippen LogP contribution in [0.5, 0.6) is 0 Å². The van der Waals surface area contributed by atoms with Crippen molar-refractivity contribution in [2.24, 2.45) is 0 Å². The molecule has 0 spiro atoms.